The maximum absolute atomic E-state index is 3.80. The summed E-state index contributed by atoms with van der Waals surface area (Å²) >= 11 is 0. The quantitative estimate of drug-likeness (QED) is 0.593. The van der Waals surface area contributed by atoms with Crippen molar-refractivity contribution < 1.29 is 36.5 Å². The molecule has 0 spiro atoms. The molecule has 0 aromatic heterocycles. The molecule has 1 radical (unpaired) electrons. The van der Waals surface area contributed by atoms with Crippen LogP contribution in [0.3, 0.4) is 0 Å². The molecule has 0 aliphatic heterocycles. The normalized spacial score (nSPS) is 7.82. The van der Waals surface area contributed by atoms with Crippen molar-refractivity contribution in [2.24, 2.45) is 0 Å². The zero-order valence-electron chi connectivity index (χ0n) is 6.81. The summed E-state index contributed by atoms with van der Waals surface area (Å²) in [7, 11) is 0. The third-order valence-electron chi connectivity index (χ3n) is 1.37. The Hall–Kier alpha value is 0.323. The monoisotopic (exact) mass is 262 g/mol. The summed E-state index contributed by atoms with van der Waals surface area (Å²) in [5, 5.41) is 0. The standard InChI is InChI=1S/C9H11.BrH.Zn/c1-3-9-6-4-5-8(2)7-9;;/h4-7H,1,3H2,2H3;1H;/p-1. The first-order valence-electron chi connectivity index (χ1n) is 3.17. The van der Waals surface area contributed by atoms with Gasteiger partial charge in [0.25, 0.3) is 0 Å². The molecule has 0 atom stereocenters. The van der Waals surface area contributed by atoms with Crippen LogP contribution in [-0.4, -0.2) is 0 Å². The molecule has 0 saturated carbocycles. The fourth-order valence-corrected chi connectivity index (χ4v) is 0.868. The van der Waals surface area contributed by atoms with Gasteiger partial charge in [-0.05, 0) is 25.8 Å². The van der Waals surface area contributed by atoms with E-state index in [0.717, 1.165) is 6.42 Å². The molecule has 0 N–H and O–H groups in total. The minimum absolute atomic E-state index is 0. The average molecular weight is 264 g/mol. The van der Waals surface area contributed by atoms with Gasteiger partial charge in [0.1, 0.15) is 0 Å². The van der Waals surface area contributed by atoms with Crippen LogP contribution < -0.4 is 17.0 Å². The molecule has 11 heavy (non-hydrogen) atoms. The Bertz CT molecular complexity index is 199. The van der Waals surface area contributed by atoms with Gasteiger partial charge in [-0.3, -0.25) is 0 Å². The molecule has 1 aromatic carbocycles. The fraction of sp³-hybridized carbons (Fsp3) is 0.222. The van der Waals surface area contributed by atoms with E-state index in [1.54, 1.807) is 0 Å². The van der Waals surface area contributed by atoms with Crippen molar-refractivity contribution >= 4 is 0 Å². The van der Waals surface area contributed by atoms with Gasteiger partial charge in [0, 0.05) is 19.5 Å². The number of rotatable bonds is 1. The molecule has 1 aromatic rings. The number of benzene rings is 1. The van der Waals surface area contributed by atoms with Crippen LogP contribution in [-0.2, 0) is 25.9 Å². The molecular formula is C9H11BrZn-. The van der Waals surface area contributed by atoms with Gasteiger partial charge >= 0.3 is 0 Å². The van der Waals surface area contributed by atoms with E-state index in [-0.39, 0.29) is 36.5 Å². The average Bonchev–Trinajstić information content (AvgIpc) is 1.88. The number of hydrogen-bond donors (Lipinski definition) is 0. The van der Waals surface area contributed by atoms with Gasteiger partial charge in [0.05, 0.1) is 0 Å². The summed E-state index contributed by atoms with van der Waals surface area (Å²) in [6.45, 7) is 5.89. The van der Waals surface area contributed by atoms with E-state index in [0.29, 0.717) is 0 Å². The van der Waals surface area contributed by atoms with Crippen molar-refractivity contribution in [3.05, 3.63) is 42.3 Å². The Morgan fingerprint density at radius 3 is 2.36 bits per heavy atom. The molecular weight excluding hydrogens is 253 g/mol. The summed E-state index contributed by atoms with van der Waals surface area (Å²) in [6, 6.07) is 8.42. The van der Waals surface area contributed by atoms with Gasteiger partial charge in [0.2, 0.25) is 0 Å². The first-order valence-corrected chi connectivity index (χ1v) is 3.17. The van der Waals surface area contributed by atoms with Crippen LogP contribution >= 0.6 is 0 Å². The molecule has 0 aliphatic carbocycles. The molecule has 1 rings (SSSR count). The van der Waals surface area contributed by atoms with E-state index in [4.69, 9.17) is 0 Å². The van der Waals surface area contributed by atoms with E-state index in [1.807, 2.05) is 0 Å². The van der Waals surface area contributed by atoms with Crippen LogP contribution in [0.5, 0.6) is 0 Å². The number of hydrogen-bond acceptors (Lipinski definition) is 0. The second kappa shape index (κ2) is 7.00. The maximum Gasteiger partial charge on any atom is 0 e. The summed E-state index contributed by atoms with van der Waals surface area (Å²) in [5.74, 6) is 0. The summed E-state index contributed by atoms with van der Waals surface area (Å²) in [6.07, 6.45) is 0.891. The van der Waals surface area contributed by atoms with Crippen molar-refractivity contribution in [1.82, 2.24) is 0 Å². The Labute approximate surface area is 91.9 Å². The second-order valence-electron chi connectivity index (χ2n) is 2.24. The third-order valence-corrected chi connectivity index (χ3v) is 1.37. The molecule has 0 nitrogen and oxygen atoms in total. The molecule has 0 heterocycles. The van der Waals surface area contributed by atoms with Crippen LogP contribution in [0.25, 0.3) is 0 Å². The number of halogens is 1. The minimum Gasteiger partial charge on any atom is -1.00 e. The predicted molar refractivity (Wildman–Crippen MR) is 40.2 cm³/mol. The first-order chi connectivity index (χ1) is 4.33. The molecule has 0 aliphatic rings. The third kappa shape index (κ3) is 4.71. The molecule has 0 fully saturated rings. The smallest absolute Gasteiger partial charge is 0 e. The van der Waals surface area contributed by atoms with E-state index >= 15 is 0 Å². The van der Waals surface area contributed by atoms with E-state index < -0.39 is 0 Å². The largest absolute Gasteiger partial charge is 1.00 e. The first kappa shape index (κ1) is 13.9. The van der Waals surface area contributed by atoms with Crippen LogP contribution in [0.1, 0.15) is 11.1 Å². The topological polar surface area (TPSA) is 0 Å². The molecule has 2 heteroatoms. The van der Waals surface area contributed by atoms with E-state index in [1.165, 1.54) is 11.1 Å². The van der Waals surface area contributed by atoms with Crippen LogP contribution in [0.4, 0.5) is 0 Å². The summed E-state index contributed by atoms with van der Waals surface area (Å²) in [4.78, 5) is 0. The maximum atomic E-state index is 3.80. The fourth-order valence-electron chi connectivity index (χ4n) is 0.868. The Morgan fingerprint density at radius 2 is 2.00 bits per heavy atom. The second-order valence-corrected chi connectivity index (χ2v) is 2.24. The Morgan fingerprint density at radius 1 is 1.36 bits per heavy atom. The SMILES string of the molecule is [Br-].[CH2]Cc1cccc(C)c1.[Zn]. The van der Waals surface area contributed by atoms with Crippen molar-refractivity contribution in [3.8, 4) is 0 Å². The minimum atomic E-state index is 0. The van der Waals surface area contributed by atoms with Crippen molar-refractivity contribution in [1.29, 1.82) is 0 Å². The van der Waals surface area contributed by atoms with Crippen LogP contribution in [0, 0.1) is 13.8 Å². The van der Waals surface area contributed by atoms with E-state index in [2.05, 4.69) is 38.1 Å². The molecule has 0 amide bonds. The van der Waals surface area contributed by atoms with Gasteiger partial charge in [-0.15, -0.1) is 0 Å². The Balaban J connectivity index is 0. The van der Waals surface area contributed by atoms with Gasteiger partial charge < -0.3 is 17.0 Å². The van der Waals surface area contributed by atoms with Crippen molar-refractivity contribution in [2.75, 3.05) is 0 Å². The molecule has 0 saturated heterocycles. The summed E-state index contributed by atoms with van der Waals surface area (Å²) in [5.41, 5.74) is 2.63. The van der Waals surface area contributed by atoms with Gasteiger partial charge in [-0.1, -0.05) is 29.8 Å². The molecule has 57 valence electrons. The molecule has 0 bridgehead atoms. The van der Waals surface area contributed by atoms with Gasteiger partial charge in [-0.25, -0.2) is 0 Å². The van der Waals surface area contributed by atoms with Crippen LogP contribution in [0.2, 0.25) is 0 Å². The Kier molecular flexibility index (Phi) is 8.83. The van der Waals surface area contributed by atoms with Crippen LogP contribution in [0.15, 0.2) is 24.3 Å². The van der Waals surface area contributed by atoms with Gasteiger partial charge in [-0.2, -0.15) is 0 Å². The zero-order chi connectivity index (χ0) is 6.69. The van der Waals surface area contributed by atoms with Crippen molar-refractivity contribution in [3.63, 3.8) is 0 Å². The zero-order valence-corrected chi connectivity index (χ0v) is 11.4. The van der Waals surface area contributed by atoms with Crippen molar-refractivity contribution in [2.45, 2.75) is 13.3 Å². The molecule has 0 unspecified atom stereocenters. The number of aryl methyl sites for hydroxylation is 1. The predicted octanol–water partition coefficient (Wildman–Crippen LogP) is -0.627. The van der Waals surface area contributed by atoms with E-state index in [9.17, 15) is 0 Å². The summed E-state index contributed by atoms with van der Waals surface area (Å²) < 4.78 is 0. The van der Waals surface area contributed by atoms with Gasteiger partial charge in [0.15, 0.2) is 0 Å².